The Balaban J connectivity index is 2.34. The predicted molar refractivity (Wildman–Crippen MR) is 92.0 cm³/mol. The van der Waals surface area contributed by atoms with Crippen molar-refractivity contribution in [2.45, 2.75) is 11.8 Å². The molecule has 2 aromatic rings. The third-order valence-electron chi connectivity index (χ3n) is 2.82. The second-order valence-electron chi connectivity index (χ2n) is 4.48. The van der Waals surface area contributed by atoms with E-state index in [2.05, 4.69) is 20.7 Å². The van der Waals surface area contributed by atoms with E-state index in [4.69, 9.17) is 18.0 Å². The quantitative estimate of drug-likeness (QED) is 0.793. The molecule has 0 heterocycles. The highest BCUT2D eigenvalue weighted by Crippen LogP contribution is 2.26. The van der Waals surface area contributed by atoms with Gasteiger partial charge in [0.15, 0.2) is 0 Å². The standard InChI is InChI=1S/C14H13BrN2O2S2/c1-9-2-7-12(15)13(8-9)17-21(18,19)11-5-3-10(4-6-11)14(16)20/h2-8,17H,1H3,(H2,16,20). The average Bonchev–Trinajstić information content (AvgIpc) is 2.43. The zero-order valence-corrected chi connectivity index (χ0v) is 14.3. The van der Waals surface area contributed by atoms with Gasteiger partial charge in [-0.3, -0.25) is 4.72 Å². The monoisotopic (exact) mass is 384 g/mol. The molecule has 2 aromatic carbocycles. The maximum absolute atomic E-state index is 12.4. The molecule has 0 saturated carbocycles. The number of anilines is 1. The van der Waals surface area contributed by atoms with Crippen LogP contribution in [0.4, 0.5) is 5.69 Å². The normalized spacial score (nSPS) is 11.1. The van der Waals surface area contributed by atoms with Gasteiger partial charge in [-0.05, 0) is 52.7 Å². The molecule has 0 spiro atoms. The summed E-state index contributed by atoms with van der Waals surface area (Å²) in [6.07, 6.45) is 0. The van der Waals surface area contributed by atoms with Crippen LogP contribution in [0.2, 0.25) is 0 Å². The highest BCUT2D eigenvalue weighted by molar-refractivity contribution is 9.10. The van der Waals surface area contributed by atoms with E-state index >= 15 is 0 Å². The number of hydrogen-bond acceptors (Lipinski definition) is 3. The van der Waals surface area contributed by atoms with E-state index in [0.717, 1.165) is 5.56 Å². The molecule has 0 fully saturated rings. The lowest BCUT2D eigenvalue weighted by molar-refractivity contribution is 0.601. The van der Waals surface area contributed by atoms with Gasteiger partial charge in [0, 0.05) is 10.0 Å². The average molecular weight is 385 g/mol. The van der Waals surface area contributed by atoms with Gasteiger partial charge in [0.05, 0.1) is 10.6 Å². The van der Waals surface area contributed by atoms with Crippen molar-refractivity contribution in [2.75, 3.05) is 4.72 Å². The molecule has 7 heteroatoms. The summed E-state index contributed by atoms with van der Waals surface area (Å²) in [4.78, 5) is 0.379. The van der Waals surface area contributed by atoms with Gasteiger partial charge in [-0.1, -0.05) is 30.4 Å². The number of nitrogens with one attached hydrogen (secondary N) is 1. The topological polar surface area (TPSA) is 72.2 Å². The first-order valence-corrected chi connectivity index (χ1v) is 8.67. The van der Waals surface area contributed by atoms with E-state index in [1.54, 1.807) is 24.3 Å². The van der Waals surface area contributed by atoms with Crippen molar-refractivity contribution in [1.82, 2.24) is 0 Å². The van der Waals surface area contributed by atoms with Crippen LogP contribution < -0.4 is 10.5 Å². The van der Waals surface area contributed by atoms with Crippen molar-refractivity contribution in [3.05, 3.63) is 58.1 Å². The summed E-state index contributed by atoms with van der Waals surface area (Å²) in [5, 5.41) is 0. The van der Waals surface area contributed by atoms with Gasteiger partial charge >= 0.3 is 0 Å². The Morgan fingerprint density at radius 2 is 1.81 bits per heavy atom. The molecular formula is C14H13BrN2O2S2. The minimum Gasteiger partial charge on any atom is -0.389 e. The molecule has 2 rings (SSSR count). The van der Waals surface area contributed by atoms with Crippen LogP contribution in [0.25, 0.3) is 0 Å². The molecule has 0 aliphatic heterocycles. The highest BCUT2D eigenvalue weighted by Gasteiger charge is 2.15. The smallest absolute Gasteiger partial charge is 0.261 e. The van der Waals surface area contributed by atoms with E-state index in [0.29, 0.717) is 15.7 Å². The molecule has 0 radical (unpaired) electrons. The van der Waals surface area contributed by atoms with Crippen molar-refractivity contribution in [3.63, 3.8) is 0 Å². The molecule has 0 atom stereocenters. The molecule has 0 amide bonds. The Kier molecular flexibility index (Phi) is 4.65. The molecule has 0 unspecified atom stereocenters. The van der Waals surface area contributed by atoms with Crippen LogP contribution in [0.1, 0.15) is 11.1 Å². The second-order valence-corrected chi connectivity index (χ2v) is 7.45. The minimum atomic E-state index is -3.66. The van der Waals surface area contributed by atoms with Crippen LogP contribution in [-0.4, -0.2) is 13.4 Å². The zero-order chi connectivity index (χ0) is 15.6. The third-order valence-corrected chi connectivity index (χ3v) is 5.12. The summed E-state index contributed by atoms with van der Waals surface area (Å²) in [5.41, 5.74) is 7.57. The summed E-state index contributed by atoms with van der Waals surface area (Å²) in [5.74, 6) is 0. The van der Waals surface area contributed by atoms with Crippen molar-refractivity contribution in [2.24, 2.45) is 5.73 Å². The van der Waals surface area contributed by atoms with E-state index in [1.807, 2.05) is 13.0 Å². The Morgan fingerprint density at radius 3 is 2.38 bits per heavy atom. The fourth-order valence-electron chi connectivity index (χ4n) is 1.72. The number of aryl methyl sites for hydroxylation is 1. The fraction of sp³-hybridized carbons (Fsp3) is 0.0714. The van der Waals surface area contributed by atoms with Crippen LogP contribution in [0.3, 0.4) is 0 Å². The molecule has 0 bridgehead atoms. The molecule has 0 aromatic heterocycles. The maximum atomic E-state index is 12.4. The first kappa shape index (κ1) is 15.9. The Bertz CT molecular complexity index is 787. The molecular weight excluding hydrogens is 372 g/mol. The molecule has 3 N–H and O–H groups in total. The van der Waals surface area contributed by atoms with Gasteiger partial charge < -0.3 is 5.73 Å². The molecule has 21 heavy (non-hydrogen) atoms. The van der Waals surface area contributed by atoms with Gasteiger partial charge in [-0.2, -0.15) is 0 Å². The summed E-state index contributed by atoms with van der Waals surface area (Å²) in [7, 11) is -3.66. The molecule has 0 aliphatic rings. The lowest BCUT2D eigenvalue weighted by Crippen LogP contribution is -2.14. The van der Waals surface area contributed by atoms with E-state index in [-0.39, 0.29) is 9.88 Å². The Labute approximate surface area is 137 Å². The molecule has 0 saturated heterocycles. The number of thiocarbonyl (C=S) groups is 1. The number of sulfonamides is 1. The summed E-state index contributed by atoms with van der Waals surface area (Å²) >= 11 is 8.17. The Hall–Kier alpha value is -1.44. The SMILES string of the molecule is Cc1ccc(Br)c(NS(=O)(=O)c2ccc(C(N)=S)cc2)c1. The van der Waals surface area contributed by atoms with Gasteiger partial charge in [-0.25, -0.2) is 8.42 Å². The summed E-state index contributed by atoms with van der Waals surface area (Å²) in [6.45, 7) is 1.89. The first-order chi connectivity index (χ1) is 9.79. The zero-order valence-electron chi connectivity index (χ0n) is 11.1. The van der Waals surface area contributed by atoms with E-state index in [9.17, 15) is 8.42 Å². The van der Waals surface area contributed by atoms with Gasteiger partial charge in [0.2, 0.25) is 0 Å². The Morgan fingerprint density at radius 1 is 1.19 bits per heavy atom. The van der Waals surface area contributed by atoms with Crippen LogP contribution in [-0.2, 0) is 10.0 Å². The number of hydrogen-bond donors (Lipinski definition) is 2. The predicted octanol–water partition coefficient (Wildman–Crippen LogP) is 3.19. The van der Waals surface area contributed by atoms with Crippen molar-refractivity contribution in [3.8, 4) is 0 Å². The minimum absolute atomic E-state index is 0.149. The van der Waals surface area contributed by atoms with Crippen LogP contribution in [0, 0.1) is 6.92 Å². The van der Waals surface area contributed by atoms with Crippen LogP contribution >= 0.6 is 28.1 Å². The van der Waals surface area contributed by atoms with Crippen LogP contribution in [0.15, 0.2) is 51.8 Å². The third kappa shape index (κ3) is 3.81. The largest absolute Gasteiger partial charge is 0.389 e. The van der Waals surface area contributed by atoms with Gasteiger partial charge in [0.25, 0.3) is 10.0 Å². The summed E-state index contributed by atoms with van der Waals surface area (Å²) in [6, 6.07) is 11.6. The lowest BCUT2D eigenvalue weighted by atomic mass is 10.2. The number of benzene rings is 2. The number of halogens is 1. The number of rotatable bonds is 4. The second kappa shape index (κ2) is 6.13. The lowest BCUT2D eigenvalue weighted by Gasteiger charge is -2.11. The molecule has 110 valence electrons. The van der Waals surface area contributed by atoms with E-state index in [1.165, 1.54) is 12.1 Å². The number of nitrogens with two attached hydrogens (primary N) is 1. The fourth-order valence-corrected chi connectivity index (χ4v) is 3.40. The first-order valence-electron chi connectivity index (χ1n) is 5.98. The van der Waals surface area contributed by atoms with Crippen molar-refractivity contribution >= 4 is 48.8 Å². The molecule has 0 aliphatic carbocycles. The summed E-state index contributed by atoms with van der Waals surface area (Å²) < 4.78 is 27.9. The van der Waals surface area contributed by atoms with Gasteiger partial charge in [-0.15, -0.1) is 0 Å². The van der Waals surface area contributed by atoms with Crippen molar-refractivity contribution in [1.29, 1.82) is 0 Å². The highest BCUT2D eigenvalue weighted by atomic mass is 79.9. The van der Waals surface area contributed by atoms with Crippen molar-refractivity contribution < 1.29 is 8.42 Å². The van der Waals surface area contributed by atoms with E-state index < -0.39 is 10.0 Å². The van der Waals surface area contributed by atoms with Crippen LogP contribution in [0.5, 0.6) is 0 Å². The maximum Gasteiger partial charge on any atom is 0.261 e. The van der Waals surface area contributed by atoms with Gasteiger partial charge in [0.1, 0.15) is 4.99 Å². The molecule has 4 nitrogen and oxygen atoms in total.